The molecule has 0 aliphatic heterocycles. The minimum atomic E-state index is -0.331. The van der Waals surface area contributed by atoms with Gasteiger partial charge < -0.3 is 10.5 Å². The Labute approximate surface area is 60.9 Å². The second-order valence-electron chi connectivity index (χ2n) is 2.03. The van der Waals surface area contributed by atoms with Gasteiger partial charge >= 0.3 is 5.97 Å². The van der Waals surface area contributed by atoms with Gasteiger partial charge in [0.1, 0.15) is 0 Å². The zero-order chi connectivity index (χ0) is 8.15. The van der Waals surface area contributed by atoms with E-state index in [9.17, 15) is 4.79 Å². The number of rotatable bonds is 2. The van der Waals surface area contributed by atoms with Gasteiger partial charge in [0, 0.05) is 5.70 Å². The standard InChI is InChI=1S/C7H13NO2/c1-4-10-7(9)5(2)6(3)8/h4,8H2,1-3H3. The summed E-state index contributed by atoms with van der Waals surface area (Å²) in [5.41, 5.74) is 6.35. The van der Waals surface area contributed by atoms with Crippen molar-refractivity contribution < 1.29 is 9.53 Å². The molecule has 0 saturated carbocycles. The highest BCUT2D eigenvalue weighted by atomic mass is 16.5. The van der Waals surface area contributed by atoms with Crippen molar-refractivity contribution in [1.82, 2.24) is 0 Å². The Morgan fingerprint density at radius 3 is 2.30 bits per heavy atom. The largest absolute Gasteiger partial charge is 0.463 e. The molecule has 0 heterocycles. The van der Waals surface area contributed by atoms with E-state index in [2.05, 4.69) is 4.74 Å². The minimum Gasteiger partial charge on any atom is -0.463 e. The molecule has 0 aliphatic rings. The molecular weight excluding hydrogens is 130 g/mol. The van der Waals surface area contributed by atoms with Crippen molar-refractivity contribution in [3.05, 3.63) is 11.3 Å². The molecule has 0 radical (unpaired) electrons. The van der Waals surface area contributed by atoms with E-state index in [-0.39, 0.29) is 5.97 Å². The molecule has 0 spiro atoms. The van der Waals surface area contributed by atoms with Crippen LogP contribution in [0.2, 0.25) is 0 Å². The smallest absolute Gasteiger partial charge is 0.335 e. The molecule has 3 nitrogen and oxygen atoms in total. The number of esters is 1. The van der Waals surface area contributed by atoms with E-state index >= 15 is 0 Å². The summed E-state index contributed by atoms with van der Waals surface area (Å²) < 4.78 is 4.69. The molecule has 58 valence electrons. The first kappa shape index (κ1) is 9.01. The number of ether oxygens (including phenoxy) is 1. The van der Waals surface area contributed by atoms with Gasteiger partial charge in [0.15, 0.2) is 0 Å². The summed E-state index contributed by atoms with van der Waals surface area (Å²) in [6.45, 7) is 5.47. The van der Waals surface area contributed by atoms with Crippen LogP contribution in [0.25, 0.3) is 0 Å². The molecule has 3 heteroatoms. The third kappa shape index (κ3) is 2.53. The van der Waals surface area contributed by atoms with Gasteiger partial charge in [0.25, 0.3) is 0 Å². The summed E-state index contributed by atoms with van der Waals surface area (Å²) in [5, 5.41) is 0. The molecule has 10 heavy (non-hydrogen) atoms. The average Bonchev–Trinajstić information content (AvgIpc) is 1.87. The first-order valence-corrected chi connectivity index (χ1v) is 3.19. The predicted octanol–water partition coefficient (Wildman–Crippen LogP) is 0.802. The highest BCUT2D eigenvalue weighted by Gasteiger charge is 2.05. The van der Waals surface area contributed by atoms with E-state index in [0.29, 0.717) is 17.9 Å². The Morgan fingerprint density at radius 1 is 1.50 bits per heavy atom. The van der Waals surface area contributed by atoms with Crippen molar-refractivity contribution >= 4 is 5.97 Å². The van der Waals surface area contributed by atoms with Crippen molar-refractivity contribution in [3.8, 4) is 0 Å². The minimum absolute atomic E-state index is 0.331. The number of nitrogens with two attached hydrogens (primary N) is 1. The Morgan fingerprint density at radius 2 is 2.00 bits per heavy atom. The van der Waals surface area contributed by atoms with E-state index in [0.717, 1.165) is 0 Å². The van der Waals surface area contributed by atoms with Gasteiger partial charge in [-0.2, -0.15) is 0 Å². The van der Waals surface area contributed by atoms with Crippen LogP contribution in [0.15, 0.2) is 11.3 Å². The topological polar surface area (TPSA) is 52.3 Å². The van der Waals surface area contributed by atoms with Crippen LogP contribution in [0, 0.1) is 0 Å². The maximum atomic E-state index is 10.8. The summed E-state index contributed by atoms with van der Waals surface area (Å²) >= 11 is 0. The molecule has 0 bridgehead atoms. The Kier molecular flexibility index (Phi) is 3.54. The van der Waals surface area contributed by atoms with Gasteiger partial charge in [-0.25, -0.2) is 4.79 Å². The molecule has 2 N–H and O–H groups in total. The van der Waals surface area contributed by atoms with Gasteiger partial charge in [-0.1, -0.05) is 0 Å². The van der Waals surface area contributed by atoms with Crippen LogP contribution in [0.1, 0.15) is 20.8 Å². The van der Waals surface area contributed by atoms with Gasteiger partial charge in [-0.15, -0.1) is 0 Å². The fourth-order valence-electron chi connectivity index (χ4n) is 0.400. The third-order valence-corrected chi connectivity index (χ3v) is 1.17. The molecule has 0 aromatic rings. The Hall–Kier alpha value is -0.990. The van der Waals surface area contributed by atoms with Crippen molar-refractivity contribution in [3.63, 3.8) is 0 Å². The van der Waals surface area contributed by atoms with E-state index < -0.39 is 0 Å². The molecule has 0 rings (SSSR count). The molecule has 0 aliphatic carbocycles. The quantitative estimate of drug-likeness (QED) is 0.459. The monoisotopic (exact) mass is 143 g/mol. The molecule has 0 aromatic heterocycles. The van der Waals surface area contributed by atoms with Gasteiger partial charge in [-0.3, -0.25) is 0 Å². The maximum Gasteiger partial charge on any atom is 0.335 e. The molecular formula is C7H13NO2. The molecule has 0 atom stereocenters. The van der Waals surface area contributed by atoms with Gasteiger partial charge in [0.05, 0.1) is 12.2 Å². The lowest BCUT2D eigenvalue weighted by atomic mass is 10.2. The molecule has 0 saturated heterocycles. The van der Waals surface area contributed by atoms with Crippen LogP contribution >= 0.6 is 0 Å². The first-order valence-electron chi connectivity index (χ1n) is 3.19. The number of carbonyl (C=O) groups is 1. The summed E-state index contributed by atoms with van der Waals surface area (Å²) in [6, 6.07) is 0. The third-order valence-electron chi connectivity index (χ3n) is 1.17. The number of allylic oxidation sites excluding steroid dienone is 1. The second kappa shape index (κ2) is 3.93. The van der Waals surface area contributed by atoms with Crippen molar-refractivity contribution in [1.29, 1.82) is 0 Å². The van der Waals surface area contributed by atoms with Crippen LogP contribution in [0.3, 0.4) is 0 Å². The summed E-state index contributed by atoms with van der Waals surface area (Å²) in [6.07, 6.45) is 0. The molecule has 0 amide bonds. The van der Waals surface area contributed by atoms with Gasteiger partial charge in [-0.05, 0) is 20.8 Å². The van der Waals surface area contributed by atoms with Crippen LogP contribution < -0.4 is 5.73 Å². The lowest BCUT2D eigenvalue weighted by Gasteiger charge is -2.01. The highest BCUT2D eigenvalue weighted by Crippen LogP contribution is 1.98. The highest BCUT2D eigenvalue weighted by molar-refractivity contribution is 5.88. The van der Waals surface area contributed by atoms with E-state index in [1.165, 1.54) is 0 Å². The maximum absolute atomic E-state index is 10.8. The normalized spacial score (nSPS) is 12.3. The number of hydrogen-bond donors (Lipinski definition) is 1. The summed E-state index contributed by atoms with van der Waals surface area (Å²) in [5.74, 6) is -0.331. The zero-order valence-corrected chi connectivity index (χ0v) is 6.60. The SMILES string of the molecule is CCOC(=O)C(C)=C(C)N. The lowest BCUT2D eigenvalue weighted by molar-refractivity contribution is -0.138. The molecule has 0 aromatic carbocycles. The van der Waals surface area contributed by atoms with Crippen LogP contribution in [0.4, 0.5) is 0 Å². The summed E-state index contributed by atoms with van der Waals surface area (Å²) in [4.78, 5) is 10.8. The van der Waals surface area contributed by atoms with E-state index in [1.807, 2.05) is 0 Å². The second-order valence-corrected chi connectivity index (χ2v) is 2.03. The number of hydrogen-bond acceptors (Lipinski definition) is 3. The van der Waals surface area contributed by atoms with Crippen molar-refractivity contribution in [2.75, 3.05) is 6.61 Å². The fourth-order valence-corrected chi connectivity index (χ4v) is 0.400. The van der Waals surface area contributed by atoms with Crippen LogP contribution in [-0.2, 0) is 9.53 Å². The van der Waals surface area contributed by atoms with Crippen molar-refractivity contribution in [2.24, 2.45) is 5.73 Å². The van der Waals surface area contributed by atoms with Crippen LogP contribution in [0.5, 0.6) is 0 Å². The Bertz CT molecular complexity index is 157. The van der Waals surface area contributed by atoms with Gasteiger partial charge in [0.2, 0.25) is 0 Å². The first-order chi connectivity index (χ1) is 4.59. The molecule has 0 unspecified atom stereocenters. The molecule has 0 fully saturated rings. The lowest BCUT2D eigenvalue weighted by Crippen LogP contribution is -2.09. The average molecular weight is 143 g/mol. The Balaban J connectivity index is 4.09. The number of carbonyl (C=O) groups excluding carboxylic acids is 1. The fraction of sp³-hybridized carbons (Fsp3) is 0.571. The predicted molar refractivity (Wildman–Crippen MR) is 39.2 cm³/mol. The van der Waals surface area contributed by atoms with Crippen molar-refractivity contribution in [2.45, 2.75) is 20.8 Å². The zero-order valence-electron chi connectivity index (χ0n) is 6.60. The van der Waals surface area contributed by atoms with Crippen LogP contribution in [-0.4, -0.2) is 12.6 Å². The van der Waals surface area contributed by atoms with E-state index in [1.54, 1.807) is 20.8 Å². The van der Waals surface area contributed by atoms with E-state index in [4.69, 9.17) is 5.73 Å². The summed E-state index contributed by atoms with van der Waals surface area (Å²) in [7, 11) is 0.